The Morgan fingerprint density at radius 2 is 0.973 bits per heavy atom. The fourth-order valence-electron chi connectivity index (χ4n) is 5.98. The van der Waals surface area contributed by atoms with Gasteiger partial charge < -0.3 is 20.8 Å². The van der Waals surface area contributed by atoms with Crippen molar-refractivity contribution in [3.8, 4) is 0 Å². The number of benzene rings is 2. The van der Waals surface area contributed by atoms with Crippen molar-refractivity contribution in [2.45, 2.75) is 101 Å². The second kappa shape index (κ2) is 11.4. The molecule has 2 aromatic carbocycles. The van der Waals surface area contributed by atoms with Crippen LogP contribution in [-0.4, -0.2) is 33.2 Å². The Hall–Kier alpha value is -2.70. The summed E-state index contributed by atoms with van der Waals surface area (Å²) in [6.45, 7) is 3.22. The van der Waals surface area contributed by atoms with E-state index in [1.54, 1.807) is 13.8 Å². The van der Waals surface area contributed by atoms with E-state index in [1.807, 2.05) is 60.7 Å². The van der Waals surface area contributed by atoms with Crippen LogP contribution in [0.4, 0.5) is 0 Å². The number of carbonyl (C=O) groups excluding carboxylic acids is 2. The van der Waals surface area contributed by atoms with Gasteiger partial charge in [-0.15, -0.1) is 0 Å². The topological polar surface area (TPSA) is 98.7 Å². The molecule has 0 bridgehead atoms. The van der Waals surface area contributed by atoms with Crippen LogP contribution in [0.1, 0.15) is 101 Å². The Bertz CT molecular complexity index is 958. The SMILES string of the molecule is CC(C)(C(=O)NC(c1ccccc1)C1(O)CCCCC1)C(=O)NC(c1ccccc1)C1(O)CCCCC1. The minimum Gasteiger partial charge on any atom is -0.387 e. The largest absolute Gasteiger partial charge is 0.387 e. The molecule has 2 unspecified atom stereocenters. The first kappa shape index (κ1) is 27.3. The van der Waals surface area contributed by atoms with E-state index in [0.29, 0.717) is 25.7 Å². The third-order valence-electron chi connectivity index (χ3n) is 8.47. The van der Waals surface area contributed by atoms with Crippen molar-refractivity contribution in [2.75, 3.05) is 0 Å². The van der Waals surface area contributed by atoms with Gasteiger partial charge in [0.2, 0.25) is 11.8 Å². The zero-order valence-corrected chi connectivity index (χ0v) is 22.2. The third-order valence-corrected chi connectivity index (χ3v) is 8.47. The van der Waals surface area contributed by atoms with Crippen molar-refractivity contribution in [3.63, 3.8) is 0 Å². The van der Waals surface area contributed by atoms with Crippen LogP contribution in [0.3, 0.4) is 0 Å². The van der Waals surface area contributed by atoms with Crippen LogP contribution < -0.4 is 10.6 Å². The summed E-state index contributed by atoms with van der Waals surface area (Å²) in [7, 11) is 0. The summed E-state index contributed by atoms with van der Waals surface area (Å²) in [5.74, 6) is -0.888. The van der Waals surface area contributed by atoms with Gasteiger partial charge in [0.05, 0.1) is 23.3 Å². The predicted octanol–water partition coefficient (Wildman–Crippen LogP) is 5.12. The standard InChI is InChI=1S/C31H42N2O4/c1-29(2,27(34)32-25(23-15-7-3-8-16-23)30(36)19-11-5-12-20-30)28(35)33-26(24-17-9-4-10-18-24)31(37)21-13-6-14-22-31/h3-4,7-10,15-18,25-26,36-37H,5-6,11-14,19-22H2,1-2H3,(H,32,34)(H,33,35). The molecular weight excluding hydrogens is 464 g/mol. The van der Waals surface area contributed by atoms with E-state index in [9.17, 15) is 19.8 Å². The lowest BCUT2D eigenvalue weighted by Gasteiger charge is -2.42. The van der Waals surface area contributed by atoms with Crippen molar-refractivity contribution in [1.82, 2.24) is 10.6 Å². The molecule has 4 rings (SSSR count). The molecule has 6 heteroatoms. The summed E-state index contributed by atoms with van der Waals surface area (Å²) >= 11 is 0. The minimum absolute atomic E-state index is 0.444. The fourth-order valence-corrected chi connectivity index (χ4v) is 5.98. The van der Waals surface area contributed by atoms with Gasteiger partial charge in [-0.3, -0.25) is 9.59 Å². The summed E-state index contributed by atoms with van der Waals surface area (Å²) in [6.07, 6.45) is 8.13. The number of hydrogen-bond donors (Lipinski definition) is 4. The highest BCUT2D eigenvalue weighted by molar-refractivity contribution is 6.04. The van der Waals surface area contributed by atoms with Gasteiger partial charge in [0.1, 0.15) is 5.41 Å². The van der Waals surface area contributed by atoms with Crippen LogP contribution in [0.5, 0.6) is 0 Å². The van der Waals surface area contributed by atoms with Crippen LogP contribution in [0.15, 0.2) is 60.7 Å². The van der Waals surface area contributed by atoms with Gasteiger partial charge in [-0.25, -0.2) is 0 Å². The Labute approximate surface area is 220 Å². The number of nitrogens with one attached hydrogen (secondary N) is 2. The molecule has 0 spiro atoms. The molecule has 6 nitrogen and oxygen atoms in total. The Morgan fingerprint density at radius 1 is 0.649 bits per heavy atom. The molecule has 2 aliphatic rings. The summed E-state index contributed by atoms with van der Waals surface area (Å²) in [6, 6.07) is 17.8. The molecule has 0 radical (unpaired) electrons. The molecule has 0 heterocycles. The zero-order chi connectivity index (χ0) is 26.5. The van der Waals surface area contributed by atoms with Gasteiger partial charge in [0.15, 0.2) is 0 Å². The second-order valence-electron chi connectivity index (χ2n) is 11.6. The molecule has 2 saturated carbocycles. The number of aliphatic hydroxyl groups is 2. The summed E-state index contributed by atoms with van der Waals surface area (Å²) < 4.78 is 0. The molecule has 2 aromatic rings. The van der Waals surface area contributed by atoms with Gasteiger partial charge >= 0.3 is 0 Å². The highest BCUT2D eigenvalue weighted by atomic mass is 16.3. The molecule has 37 heavy (non-hydrogen) atoms. The maximum atomic E-state index is 13.7. The van der Waals surface area contributed by atoms with Crippen LogP contribution in [0.2, 0.25) is 0 Å². The van der Waals surface area contributed by atoms with Crippen LogP contribution >= 0.6 is 0 Å². The lowest BCUT2D eigenvalue weighted by molar-refractivity contribution is -0.146. The van der Waals surface area contributed by atoms with Crippen LogP contribution in [0, 0.1) is 5.41 Å². The first-order chi connectivity index (χ1) is 17.7. The first-order valence-corrected chi connectivity index (χ1v) is 13.8. The van der Waals surface area contributed by atoms with Gasteiger partial charge in [0.25, 0.3) is 0 Å². The van der Waals surface area contributed by atoms with E-state index in [0.717, 1.165) is 49.7 Å². The summed E-state index contributed by atoms with van der Waals surface area (Å²) in [4.78, 5) is 27.4. The van der Waals surface area contributed by atoms with E-state index in [-0.39, 0.29) is 0 Å². The highest BCUT2D eigenvalue weighted by Gasteiger charge is 2.46. The Balaban J connectivity index is 1.57. The molecule has 0 saturated heterocycles. The Morgan fingerprint density at radius 3 is 1.30 bits per heavy atom. The first-order valence-electron chi connectivity index (χ1n) is 13.8. The molecule has 0 aliphatic heterocycles. The molecule has 200 valence electrons. The van der Waals surface area contributed by atoms with Gasteiger partial charge in [-0.2, -0.15) is 0 Å². The molecule has 2 amide bonds. The summed E-state index contributed by atoms with van der Waals surface area (Å²) in [5, 5.41) is 29.3. The quantitative estimate of drug-likeness (QED) is 0.374. The van der Waals surface area contributed by atoms with E-state index < -0.39 is 40.5 Å². The molecule has 2 aliphatic carbocycles. The normalized spacial score (nSPS) is 20.9. The molecule has 0 aromatic heterocycles. The smallest absolute Gasteiger partial charge is 0.235 e. The molecule has 4 N–H and O–H groups in total. The lowest BCUT2D eigenvalue weighted by Crippen LogP contribution is -2.56. The third kappa shape index (κ3) is 6.07. The van der Waals surface area contributed by atoms with Crippen LogP contribution in [0.25, 0.3) is 0 Å². The predicted molar refractivity (Wildman–Crippen MR) is 145 cm³/mol. The average Bonchev–Trinajstić information content (AvgIpc) is 2.91. The fraction of sp³-hybridized carbons (Fsp3) is 0.548. The van der Waals surface area contributed by atoms with Gasteiger partial charge in [-0.05, 0) is 50.7 Å². The van der Waals surface area contributed by atoms with Gasteiger partial charge in [0, 0.05) is 0 Å². The molecule has 2 fully saturated rings. The van der Waals surface area contributed by atoms with Crippen molar-refractivity contribution < 1.29 is 19.8 Å². The average molecular weight is 507 g/mol. The number of amides is 2. The summed E-state index contributed by atoms with van der Waals surface area (Å²) in [5.41, 5.74) is -1.89. The van der Waals surface area contributed by atoms with Crippen LogP contribution in [-0.2, 0) is 9.59 Å². The maximum absolute atomic E-state index is 13.7. The maximum Gasteiger partial charge on any atom is 0.235 e. The Kier molecular flexibility index (Phi) is 8.39. The number of carbonyl (C=O) groups is 2. The van der Waals surface area contributed by atoms with E-state index in [2.05, 4.69) is 10.6 Å². The molecule has 2 atom stereocenters. The van der Waals surface area contributed by atoms with Crippen molar-refractivity contribution in [1.29, 1.82) is 0 Å². The van der Waals surface area contributed by atoms with Crippen molar-refractivity contribution in [3.05, 3.63) is 71.8 Å². The van der Waals surface area contributed by atoms with E-state index >= 15 is 0 Å². The number of hydrogen-bond acceptors (Lipinski definition) is 4. The monoisotopic (exact) mass is 506 g/mol. The number of rotatable bonds is 8. The lowest BCUT2D eigenvalue weighted by atomic mass is 9.75. The van der Waals surface area contributed by atoms with E-state index in [4.69, 9.17) is 0 Å². The van der Waals surface area contributed by atoms with Crippen molar-refractivity contribution in [2.24, 2.45) is 5.41 Å². The zero-order valence-electron chi connectivity index (χ0n) is 22.2. The van der Waals surface area contributed by atoms with E-state index in [1.165, 1.54) is 0 Å². The minimum atomic E-state index is -1.42. The van der Waals surface area contributed by atoms with Gasteiger partial charge in [-0.1, -0.05) is 99.2 Å². The van der Waals surface area contributed by atoms with Crippen molar-refractivity contribution >= 4 is 11.8 Å². The highest BCUT2D eigenvalue weighted by Crippen LogP contribution is 2.41. The molecular formula is C31H42N2O4. The second-order valence-corrected chi connectivity index (χ2v) is 11.6.